The number of amides is 1. The van der Waals surface area contributed by atoms with Gasteiger partial charge in [0.15, 0.2) is 10.8 Å². The Balaban J connectivity index is 1.51. The average molecular weight is 395 g/mol. The van der Waals surface area contributed by atoms with E-state index < -0.39 is 0 Å². The molecule has 1 aromatic carbocycles. The van der Waals surface area contributed by atoms with Crippen LogP contribution in [0.25, 0.3) is 5.65 Å². The second-order valence-electron chi connectivity index (χ2n) is 5.46. The van der Waals surface area contributed by atoms with Crippen molar-refractivity contribution in [2.75, 3.05) is 11.1 Å². The molecule has 0 aliphatic rings. The summed E-state index contributed by atoms with van der Waals surface area (Å²) < 4.78 is 1.93. The van der Waals surface area contributed by atoms with Crippen molar-refractivity contribution in [1.29, 1.82) is 0 Å². The first-order valence-electron chi connectivity index (χ1n) is 7.73. The van der Waals surface area contributed by atoms with Gasteiger partial charge >= 0.3 is 0 Å². The van der Waals surface area contributed by atoms with Gasteiger partial charge in [0.25, 0.3) is 0 Å². The van der Waals surface area contributed by atoms with Crippen LogP contribution in [0.2, 0.25) is 10.0 Å². The summed E-state index contributed by atoms with van der Waals surface area (Å²) in [6, 6.07) is 9.30. The molecule has 3 aromatic rings. The number of anilines is 1. The van der Waals surface area contributed by atoms with Crippen molar-refractivity contribution in [2.45, 2.75) is 24.9 Å². The Morgan fingerprint density at radius 1 is 1.24 bits per heavy atom. The molecule has 0 saturated heterocycles. The van der Waals surface area contributed by atoms with Crippen molar-refractivity contribution in [3.05, 3.63) is 52.1 Å². The summed E-state index contributed by atoms with van der Waals surface area (Å²) in [5.41, 5.74) is 2.16. The summed E-state index contributed by atoms with van der Waals surface area (Å²) in [5.74, 6) is 0.652. The van der Waals surface area contributed by atoms with Crippen molar-refractivity contribution >= 4 is 52.2 Å². The van der Waals surface area contributed by atoms with Crippen LogP contribution in [0, 0.1) is 6.92 Å². The lowest BCUT2D eigenvalue weighted by Crippen LogP contribution is -2.12. The summed E-state index contributed by atoms with van der Waals surface area (Å²) in [6.45, 7) is 1.87. The van der Waals surface area contributed by atoms with E-state index in [1.54, 1.807) is 17.8 Å². The molecule has 2 heterocycles. The topological polar surface area (TPSA) is 59.3 Å². The minimum absolute atomic E-state index is 0.110. The lowest BCUT2D eigenvalue weighted by atomic mass is 10.2. The number of rotatable bonds is 6. The fourth-order valence-corrected chi connectivity index (χ4v) is 3.62. The van der Waals surface area contributed by atoms with Crippen molar-refractivity contribution in [3.63, 3.8) is 0 Å². The molecule has 0 aliphatic heterocycles. The number of hydrogen-bond acceptors (Lipinski definition) is 4. The monoisotopic (exact) mass is 394 g/mol. The standard InChI is InChI=1S/C17H16Cl2N4OS/c1-11-7-8-12(18)16(15(11)19)20-14(24)6-4-10-25-17-22-21-13-5-2-3-9-23(13)17/h2-3,5,7-9H,4,6,10H2,1H3,(H,20,24). The zero-order valence-electron chi connectivity index (χ0n) is 13.5. The maximum atomic E-state index is 12.1. The summed E-state index contributed by atoms with van der Waals surface area (Å²) >= 11 is 13.9. The Morgan fingerprint density at radius 2 is 2.08 bits per heavy atom. The normalized spacial score (nSPS) is 11.0. The highest BCUT2D eigenvalue weighted by atomic mass is 35.5. The van der Waals surface area contributed by atoms with Gasteiger partial charge in [-0.1, -0.05) is 47.1 Å². The van der Waals surface area contributed by atoms with Crippen LogP contribution in [0.1, 0.15) is 18.4 Å². The quantitative estimate of drug-likeness (QED) is 0.479. The van der Waals surface area contributed by atoms with Crippen molar-refractivity contribution < 1.29 is 4.79 Å². The maximum absolute atomic E-state index is 12.1. The van der Waals surface area contributed by atoms with Gasteiger partial charge in [0.2, 0.25) is 5.91 Å². The van der Waals surface area contributed by atoms with Crippen LogP contribution in [0.15, 0.2) is 41.7 Å². The molecule has 0 atom stereocenters. The molecule has 0 fully saturated rings. The molecule has 5 nitrogen and oxygen atoms in total. The Hall–Kier alpha value is -1.76. The fourth-order valence-electron chi connectivity index (χ4n) is 2.29. The number of hydrogen-bond donors (Lipinski definition) is 1. The van der Waals surface area contributed by atoms with Gasteiger partial charge < -0.3 is 5.32 Å². The molecule has 3 rings (SSSR count). The van der Waals surface area contributed by atoms with E-state index in [1.165, 1.54) is 0 Å². The Morgan fingerprint density at radius 3 is 2.92 bits per heavy atom. The van der Waals surface area contributed by atoms with E-state index in [2.05, 4.69) is 15.5 Å². The Labute approximate surface area is 159 Å². The van der Waals surface area contributed by atoms with Crippen LogP contribution in [-0.4, -0.2) is 26.3 Å². The third-order valence-corrected chi connectivity index (χ3v) is 5.44. The lowest BCUT2D eigenvalue weighted by Gasteiger charge is -2.11. The third-order valence-electron chi connectivity index (χ3n) is 3.61. The zero-order valence-corrected chi connectivity index (χ0v) is 15.8. The van der Waals surface area contributed by atoms with Crippen LogP contribution in [0.5, 0.6) is 0 Å². The molecular weight excluding hydrogens is 379 g/mol. The minimum atomic E-state index is -0.110. The van der Waals surface area contributed by atoms with Gasteiger partial charge in [-0.3, -0.25) is 9.20 Å². The van der Waals surface area contributed by atoms with Gasteiger partial charge in [0, 0.05) is 18.4 Å². The molecule has 0 unspecified atom stereocenters. The third kappa shape index (κ3) is 4.26. The number of fused-ring (bicyclic) bond motifs is 1. The van der Waals surface area contributed by atoms with Crippen molar-refractivity contribution in [3.8, 4) is 0 Å². The highest BCUT2D eigenvalue weighted by molar-refractivity contribution is 7.99. The molecule has 2 aromatic heterocycles. The predicted octanol–water partition coefficient (Wildman–Crippen LogP) is 4.86. The van der Waals surface area contributed by atoms with Crippen molar-refractivity contribution in [1.82, 2.24) is 14.6 Å². The van der Waals surface area contributed by atoms with Gasteiger partial charge in [0.05, 0.1) is 15.7 Å². The van der Waals surface area contributed by atoms with Crippen LogP contribution in [0.4, 0.5) is 5.69 Å². The molecule has 0 spiro atoms. The smallest absolute Gasteiger partial charge is 0.224 e. The highest BCUT2D eigenvalue weighted by Gasteiger charge is 2.12. The number of pyridine rings is 1. The van der Waals surface area contributed by atoms with Gasteiger partial charge in [-0.2, -0.15) is 0 Å². The first-order valence-corrected chi connectivity index (χ1v) is 9.47. The van der Waals surface area contributed by atoms with E-state index >= 15 is 0 Å². The summed E-state index contributed by atoms with van der Waals surface area (Å²) in [6.07, 6.45) is 3.01. The molecule has 8 heteroatoms. The number of nitrogens with zero attached hydrogens (tertiary/aromatic N) is 3. The zero-order chi connectivity index (χ0) is 17.8. The van der Waals surface area contributed by atoms with E-state index in [0.29, 0.717) is 28.6 Å². The molecular formula is C17H16Cl2N4OS. The molecule has 0 aliphatic carbocycles. The molecule has 1 amide bonds. The highest BCUT2D eigenvalue weighted by Crippen LogP contribution is 2.33. The fraction of sp³-hybridized carbons (Fsp3) is 0.235. The molecule has 1 N–H and O–H groups in total. The summed E-state index contributed by atoms with van der Waals surface area (Å²) in [4.78, 5) is 12.1. The van der Waals surface area contributed by atoms with E-state index in [0.717, 1.165) is 22.1 Å². The minimum Gasteiger partial charge on any atom is -0.324 e. The molecule has 0 bridgehead atoms. The second-order valence-corrected chi connectivity index (χ2v) is 7.31. The van der Waals surface area contributed by atoms with Crippen LogP contribution >= 0.6 is 35.0 Å². The first kappa shape index (κ1) is 18.0. The first-order chi connectivity index (χ1) is 12.1. The summed E-state index contributed by atoms with van der Waals surface area (Å²) in [7, 11) is 0. The van der Waals surface area contributed by atoms with Crippen LogP contribution in [0.3, 0.4) is 0 Å². The van der Waals surface area contributed by atoms with Gasteiger partial charge in [-0.25, -0.2) is 0 Å². The van der Waals surface area contributed by atoms with E-state index in [1.807, 2.05) is 41.8 Å². The molecule has 0 radical (unpaired) electrons. The Bertz CT molecular complexity index is 913. The van der Waals surface area contributed by atoms with E-state index in [4.69, 9.17) is 23.2 Å². The second kappa shape index (κ2) is 8.08. The number of aromatic nitrogens is 3. The number of carbonyl (C=O) groups excluding carboxylic acids is 1. The summed E-state index contributed by atoms with van der Waals surface area (Å²) in [5, 5.41) is 12.8. The lowest BCUT2D eigenvalue weighted by molar-refractivity contribution is -0.116. The van der Waals surface area contributed by atoms with Gasteiger partial charge in [-0.05, 0) is 37.1 Å². The number of carbonyl (C=O) groups is 1. The predicted molar refractivity (Wildman–Crippen MR) is 103 cm³/mol. The maximum Gasteiger partial charge on any atom is 0.224 e. The number of thioether (sulfide) groups is 1. The number of nitrogens with one attached hydrogen (secondary N) is 1. The van der Waals surface area contributed by atoms with E-state index in [9.17, 15) is 4.79 Å². The van der Waals surface area contributed by atoms with Crippen LogP contribution < -0.4 is 5.32 Å². The SMILES string of the molecule is Cc1ccc(Cl)c(NC(=O)CCCSc2nnc3ccccn23)c1Cl. The molecule has 130 valence electrons. The van der Waals surface area contributed by atoms with E-state index in [-0.39, 0.29) is 5.91 Å². The number of benzene rings is 1. The van der Waals surface area contributed by atoms with Gasteiger partial charge in [0.1, 0.15) is 0 Å². The average Bonchev–Trinajstić information content (AvgIpc) is 3.02. The molecule has 0 saturated carbocycles. The molecule has 25 heavy (non-hydrogen) atoms. The number of halogens is 2. The Kier molecular flexibility index (Phi) is 5.83. The largest absolute Gasteiger partial charge is 0.324 e. The van der Waals surface area contributed by atoms with Crippen LogP contribution in [-0.2, 0) is 4.79 Å². The van der Waals surface area contributed by atoms with Gasteiger partial charge in [-0.15, -0.1) is 10.2 Å². The van der Waals surface area contributed by atoms with Crippen molar-refractivity contribution in [2.24, 2.45) is 0 Å². The number of aryl methyl sites for hydroxylation is 1.